The number of anilines is 1. The molecule has 0 bridgehead atoms. The van der Waals surface area contributed by atoms with Crippen molar-refractivity contribution in [2.24, 2.45) is 0 Å². The molecule has 0 aromatic carbocycles. The summed E-state index contributed by atoms with van der Waals surface area (Å²) in [6.07, 6.45) is -0.370. The summed E-state index contributed by atoms with van der Waals surface area (Å²) in [6.45, 7) is 6.70. The van der Waals surface area contributed by atoms with Gasteiger partial charge in [-0.2, -0.15) is 10.1 Å². The molecule has 4 heterocycles. The normalized spacial score (nSPS) is 15.7. The number of methoxy groups -OCH3 is 2. The number of aromatic nitrogens is 4. The molecule has 0 saturated carbocycles. The number of pyridine rings is 2. The number of hydrogen-bond acceptors (Lipinski definition) is 7. The maximum atomic E-state index is 11.5. The Morgan fingerprint density at radius 3 is 2.40 bits per heavy atom. The summed E-state index contributed by atoms with van der Waals surface area (Å²) in [5.41, 5.74) is 8.31. The van der Waals surface area contributed by atoms with E-state index in [4.69, 9.17) is 31.9 Å². The lowest BCUT2D eigenvalue weighted by molar-refractivity contribution is 0.154. The quantitative estimate of drug-likeness (QED) is 0.523. The van der Waals surface area contributed by atoms with E-state index in [1.54, 1.807) is 16.8 Å². The monoisotopic (exact) mass is 498 g/mol. The first-order valence-electron chi connectivity index (χ1n) is 11.0. The topological polar surface area (TPSA) is 129 Å². The predicted octanol–water partition coefficient (Wildman–Crippen LogP) is 3.70. The maximum Gasteiger partial charge on any atom is 0.407 e. The zero-order valence-corrected chi connectivity index (χ0v) is 21.0. The van der Waals surface area contributed by atoms with Gasteiger partial charge in [0, 0.05) is 36.2 Å². The van der Waals surface area contributed by atoms with Crippen LogP contribution in [0.25, 0.3) is 10.9 Å². The van der Waals surface area contributed by atoms with Crippen LogP contribution in [0.1, 0.15) is 50.2 Å². The molecule has 3 aromatic rings. The molecule has 1 aliphatic heterocycles. The summed E-state index contributed by atoms with van der Waals surface area (Å²) >= 11 is 6.89. The molecule has 3 aromatic heterocycles. The number of carbonyl (C=O) groups is 1. The lowest BCUT2D eigenvalue weighted by Gasteiger charge is -2.21. The highest BCUT2D eigenvalue weighted by molar-refractivity contribution is 6.36. The summed E-state index contributed by atoms with van der Waals surface area (Å²) in [5.74, 6) is 7.14. The Bertz CT molecular complexity index is 1350. The highest BCUT2D eigenvalue weighted by atomic mass is 35.5. The molecule has 1 amide bonds. The van der Waals surface area contributed by atoms with Crippen molar-refractivity contribution in [3.05, 3.63) is 34.1 Å². The van der Waals surface area contributed by atoms with Crippen LogP contribution in [-0.2, 0) is 5.41 Å². The number of carboxylic acid groups (broad SMARTS) is 1. The molecule has 11 heteroatoms. The van der Waals surface area contributed by atoms with E-state index in [-0.39, 0.29) is 17.3 Å². The Hall–Kier alpha value is -3.71. The molecule has 3 N–H and O–H groups in total. The second kappa shape index (κ2) is 9.15. The molecular formula is C24H27ClN6O4. The van der Waals surface area contributed by atoms with Gasteiger partial charge in [-0.25, -0.2) is 9.78 Å². The van der Waals surface area contributed by atoms with Crippen molar-refractivity contribution in [2.75, 3.05) is 33.0 Å². The number of ether oxygens (including phenoxy) is 2. The number of fused-ring (bicyclic) bond motifs is 1. The van der Waals surface area contributed by atoms with Crippen molar-refractivity contribution in [3.63, 3.8) is 0 Å². The summed E-state index contributed by atoms with van der Waals surface area (Å²) in [7, 11) is 3.02. The number of nitrogens with two attached hydrogens (primary N) is 1. The van der Waals surface area contributed by atoms with Crippen LogP contribution in [0.4, 0.5) is 10.6 Å². The molecule has 1 aliphatic rings. The molecular weight excluding hydrogens is 472 g/mol. The fourth-order valence-electron chi connectivity index (χ4n) is 4.08. The van der Waals surface area contributed by atoms with E-state index in [0.717, 1.165) is 0 Å². The average Bonchev–Trinajstić information content (AvgIpc) is 3.44. The van der Waals surface area contributed by atoms with Gasteiger partial charge in [-0.05, 0) is 12.3 Å². The minimum absolute atomic E-state index is 0.211. The number of halogens is 1. The standard InChI is InChI=1S/C24H27ClN6O4/c1-24(2,3)21-19(25)20-18(22(26)28-21)15(29-31(20)14-8-9-30(12-14)23(32)33)7-6-13-10-16(34-4)27-17(11-13)35-5/h10-11,14H,8-9,12H2,1-5H3,(H2,26,28)(H,32,33)/t14-/m0/s1. The van der Waals surface area contributed by atoms with Crippen molar-refractivity contribution < 1.29 is 19.4 Å². The van der Waals surface area contributed by atoms with Crippen LogP contribution >= 0.6 is 11.6 Å². The van der Waals surface area contributed by atoms with Crippen LogP contribution in [0, 0.1) is 11.8 Å². The van der Waals surface area contributed by atoms with Gasteiger partial charge in [0.05, 0.1) is 41.9 Å². The van der Waals surface area contributed by atoms with Gasteiger partial charge in [-0.15, -0.1) is 0 Å². The lowest BCUT2D eigenvalue weighted by atomic mass is 9.91. The second-order valence-electron chi connectivity index (χ2n) is 9.29. The van der Waals surface area contributed by atoms with E-state index in [1.807, 2.05) is 20.8 Å². The van der Waals surface area contributed by atoms with E-state index in [2.05, 4.69) is 21.8 Å². The first-order valence-corrected chi connectivity index (χ1v) is 11.4. The largest absolute Gasteiger partial charge is 0.481 e. The zero-order chi connectivity index (χ0) is 25.5. The van der Waals surface area contributed by atoms with Crippen LogP contribution in [0.3, 0.4) is 0 Å². The number of hydrogen-bond donors (Lipinski definition) is 2. The molecule has 1 saturated heterocycles. The van der Waals surface area contributed by atoms with E-state index in [1.165, 1.54) is 19.1 Å². The first-order chi connectivity index (χ1) is 16.5. The number of likely N-dealkylation sites (tertiary alicyclic amines) is 1. The van der Waals surface area contributed by atoms with E-state index in [0.29, 0.717) is 64.1 Å². The molecule has 10 nitrogen and oxygen atoms in total. The molecule has 0 aliphatic carbocycles. The Morgan fingerprint density at radius 2 is 1.86 bits per heavy atom. The first kappa shape index (κ1) is 24.4. The molecule has 1 atom stereocenters. The van der Waals surface area contributed by atoms with Gasteiger partial charge in [0.15, 0.2) is 0 Å². The average molecular weight is 499 g/mol. The third-order valence-corrected chi connectivity index (χ3v) is 6.18. The van der Waals surface area contributed by atoms with Crippen molar-refractivity contribution >= 4 is 34.4 Å². The van der Waals surface area contributed by atoms with Crippen molar-refractivity contribution in [1.29, 1.82) is 0 Å². The second-order valence-corrected chi connectivity index (χ2v) is 9.67. The Labute approximate surface area is 208 Å². The fourth-order valence-corrected chi connectivity index (χ4v) is 4.59. The Morgan fingerprint density at radius 1 is 1.20 bits per heavy atom. The van der Waals surface area contributed by atoms with Gasteiger partial charge in [0.1, 0.15) is 11.5 Å². The van der Waals surface area contributed by atoms with E-state index >= 15 is 0 Å². The molecule has 1 fully saturated rings. The zero-order valence-electron chi connectivity index (χ0n) is 20.2. The lowest BCUT2D eigenvalue weighted by Crippen LogP contribution is -2.27. The summed E-state index contributed by atoms with van der Waals surface area (Å²) in [5, 5.41) is 15.2. The smallest absolute Gasteiger partial charge is 0.407 e. The highest BCUT2D eigenvalue weighted by Gasteiger charge is 2.32. The van der Waals surface area contributed by atoms with Crippen molar-refractivity contribution in [2.45, 2.75) is 38.6 Å². The molecule has 35 heavy (non-hydrogen) atoms. The SMILES string of the molecule is COc1cc(C#Cc2nn([C@H]3CCN(C(=O)O)C3)c3c(Cl)c(C(C)(C)C)nc(N)c23)cc(OC)n1. The highest BCUT2D eigenvalue weighted by Crippen LogP contribution is 2.39. The summed E-state index contributed by atoms with van der Waals surface area (Å²) < 4.78 is 12.2. The number of rotatable bonds is 3. The van der Waals surface area contributed by atoms with Gasteiger partial charge in [-0.1, -0.05) is 38.3 Å². The van der Waals surface area contributed by atoms with Crippen molar-refractivity contribution in [1.82, 2.24) is 24.6 Å². The minimum atomic E-state index is -0.966. The van der Waals surface area contributed by atoms with Crippen LogP contribution in [0.15, 0.2) is 12.1 Å². The Kier molecular flexibility index (Phi) is 6.38. The van der Waals surface area contributed by atoms with Crippen LogP contribution in [0.2, 0.25) is 5.02 Å². The van der Waals surface area contributed by atoms with Gasteiger partial charge in [-0.3, -0.25) is 4.68 Å². The third kappa shape index (κ3) is 4.64. The number of amides is 1. The van der Waals surface area contributed by atoms with Gasteiger partial charge in [0.2, 0.25) is 11.8 Å². The number of nitrogen functional groups attached to an aromatic ring is 1. The van der Waals surface area contributed by atoms with Crippen LogP contribution < -0.4 is 15.2 Å². The van der Waals surface area contributed by atoms with Gasteiger partial charge >= 0.3 is 6.09 Å². The number of nitrogens with zero attached hydrogens (tertiary/aromatic N) is 5. The van der Waals surface area contributed by atoms with E-state index in [9.17, 15) is 9.90 Å². The minimum Gasteiger partial charge on any atom is -0.481 e. The van der Waals surface area contributed by atoms with Crippen LogP contribution in [0.5, 0.6) is 11.8 Å². The molecule has 0 radical (unpaired) electrons. The van der Waals surface area contributed by atoms with Gasteiger partial charge < -0.3 is 25.2 Å². The van der Waals surface area contributed by atoms with E-state index < -0.39 is 6.09 Å². The fraction of sp³-hybridized carbons (Fsp3) is 0.417. The molecule has 0 spiro atoms. The third-order valence-electron chi connectivity index (χ3n) is 5.83. The van der Waals surface area contributed by atoms with Crippen molar-refractivity contribution in [3.8, 4) is 23.6 Å². The van der Waals surface area contributed by atoms with Gasteiger partial charge in [0.25, 0.3) is 0 Å². The molecule has 4 rings (SSSR count). The molecule has 184 valence electrons. The Balaban J connectivity index is 1.91. The predicted molar refractivity (Wildman–Crippen MR) is 132 cm³/mol. The molecule has 0 unspecified atom stereocenters. The van der Waals surface area contributed by atoms with Crippen LogP contribution in [-0.4, -0.2) is 63.2 Å². The summed E-state index contributed by atoms with van der Waals surface area (Å²) in [4.78, 5) is 21.6. The maximum absolute atomic E-state index is 11.5. The summed E-state index contributed by atoms with van der Waals surface area (Å²) in [6, 6.07) is 3.16.